The number of benzene rings is 1. The lowest BCUT2D eigenvalue weighted by atomic mass is 10.1. The van der Waals surface area contributed by atoms with Crippen LogP contribution in [0.5, 0.6) is 17.2 Å². The van der Waals surface area contributed by atoms with E-state index in [1.54, 1.807) is 32.7 Å². The molecule has 0 fully saturated rings. The number of nitrogens with zero attached hydrogens (tertiary/aromatic N) is 1. The van der Waals surface area contributed by atoms with Gasteiger partial charge >= 0.3 is 0 Å². The highest BCUT2D eigenvalue weighted by Gasteiger charge is 2.14. The molecule has 0 aliphatic carbocycles. The fraction of sp³-hybridized carbons (Fsp3) is 0.389. The highest BCUT2D eigenvalue weighted by Crippen LogP contribution is 2.38. The number of nitrogens with one attached hydrogen (secondary N) is 1. The van der Waals surface area contributed by atoms with Crippen molar-refractivity contribution in [1.82, 2.24) is 4.98 Å². The summed E-state index contributed by atoms with van der Waals surface area (Å²) < 4.78 is 16.1. The van der Waals surface area contributed by atoms with Gasteiger partial charge in [0.15, 0.2) is 11.5 Å². The highest BCUT2D eigenvalue weighted by molar-refractivity contribution is 7.16. The van der Waals surface area contributed by atoms with Gasteiger partial charge in [-0.05, 0) is 43.0 Å². The molecule has 1 aliphatic rings. The van der Waals surface area contributed by atoms with Crippen molar-refractivity contribution < 1.29 is 14.2 Å². The summed E-state index contributed by atoms with van der Waals surface area (Å²) in [5.41, 5.74) is 2.16. The molecule has 1 N–H and O–H groups in total. The maximum atomic E-state index is 5.39. The second-order valence-electron chi connectivity index (χ2n) is 5.50. The minimum Gasteiger partial charge on any atom is -0.493 e. The molecular weight excluding hydrogens is 360 g/mol. The molecule has 0 saturated heterocycles. The summed E-state index contributed by atoms with van der Waals surface area (Å²) in [4.78, 5) is 4.73. The molecule has 1 aromatic carbocycles. The van der Waals surface area contributed by atoms with Crippen LogP contribution in [-0.4, -0.2) is 32.9 Å². The maximum Gasteiger partial charge on any atom is 0.203 e. The molecule has 0 atom stereocenters. The maximum absolute atomic E-state index is 5.39. The molecule has 136 valence electrons. The highest BCUT2D eigenvalue weighted by atomic mass is 35.5. The van der Waals surface area contributed by atoms with Crippen LogP contribution >= 0.6 is 23.7 Å². The Kier molecular flexibility index (Phi) is 6.96. The molecule has 0 spiro atoms. The molecule has 0 saturated carbocycles. The van der Waals surface area contributed by atoms with Crippen LogP contribution in [0.2, 0.25) is 0 Å². The summed E-state index contributed by atoms with van der Waals surface area (Å²) in [6.07, 6.45) is 7.50. The van der Waals surface area contributed by atoms with Gasteiger partial charge in [-0.3, -0.25) is 0 Å². The zero-order valence-electron chi connectivity index (χ0n) is 14.6. The average Bonchev–Trinajstić information content (AvgIpc) is 2.88. The zero-order valence-corrected chi connectivity index (χ0v) is 16.3. The fourth-order valence-electron chi connectivity index (χ4n) is 2.73. The van der Waals surface area contributed by atoms with Crippen molar-refractivity contribution in [2.45, 2.75) is 19.3 Å². The molecular formula is C18H23ClN2O3S. The predicted octanol–water partition coefficient (Wildman–Crippen LogP) is 4.51. The number of hydrogen-bond acceptors (Lipinski definition) is 6. The van der Waals surface area contributed by atoms with Crippen LogP contribution in [0.25, 0.3) is 12.2 Å². The minimum absolute atomic E-state index is 0. The molecule has 0 radical (unpaired) electrons. The van der Waals surface area contributed by atoms with Gasteiger partial charge in [-0.25, -0.2) is 4.98 Å². The van der Waals surface area contributed by atoms with Gasteiger partial charge < -0.3 is 19.5 Å². The first-order valence-electron chi connectivity index (χ1n) is 7.97. The van der Waals surface area contributed by atoms with Crippen molar-refractivity contribution in [3.63, 3.8) is 0 Å². The number of halogens is 1. The second-order valence-corrected chi connectivity index (χ2v) is 6.53. The Bertz CT molecular complexity index is 697. The van der Waals surface area contributed by atoms with Gasteiger partial charge in [0.1, 0.15) is 10.0 Å². The van der Waals surface area contributed by atoms with E-state index >= 15 is 0 Å². The van der Waals surface area contributed by atoms with Crippen LogP contribution < -0.4 is 19.5 Å². The van der Waals surface area contributed by atoms with Crippen LogP contribution in [0.3, 0.4) is 0 Å². The molecule has 2 heterocycles. The van der Waals surface area contributed by atoms with Crippen LogP contribution in [-0.2, 0) is 6.42 Å². The van der Waals surface area contributed by atoms with E-state index in [0.717, 1.165) is 23.5 Å². The molecule has 2 aromatic rings. The van der Waals surface area contributed by atoms with Gasteiger partial charge in [-0.1, -0.05) is 17.4 Å². The van der Waals surface area contributed by atoms with Gasteiger partial charge in [0.05, 0.1) is 27.0 Å². The van der Waals surface area contributed by atoms with Crippen molar-refractivity contribution in [3.8, 4) is 17.2 Å². The SMILES string of the molecule is COc1cc(C=Cc2nc3c(s2)NCCCC3)cc(OC)c1OC.Cl. The molecule has 0 bridgehead atoms. The average molecular weight is 383 g/mol. The van der Waals surface area contributed by atoms with E-state index in [1.165, 1.54) is 23.5 Å². The molecule has 5 nitrogen and oxygen atoms in total. The first kappa shape index (κ1) is 19.4. The summed E-state index contributed by atoms with van der Waals surface area (Å²) >= 11 is 1.70. The Hall–Kier alpha value is -1.92. The van der Waals surface area contributed by atoms with E-state index in [9.17, 15) is 0 Å². The van der Waals surface area contributed by atoms with Crippen molar-refractivity contribution in [3.05, 3.63) is 28.4 Å². The molecule has 7 heteroatoms. The third-order valence-corrected chi connectivity index (χ3v) is 4.97. The van der Waals surface area contributed by atoms with Gasteiger partial charge in [-0.2, -0.15) is 0 Å². The van der Waals surface area contributed by atoms with E-state index < -0.39 is 0 Å². The Morgan fingerprint density at radius 1 is 1.04 bits per heavy atom. The smallest absolute Gasteiger partial charge is 0.203 e. The first-order valence-corrected chi connectivity index (χ1v) is 8.78. The minimum atomic E-state index is 0. The Labute approximate surface area is 158 Å². The van der Waals surface area contributed by atoms with E-state index in [4.69, 9.17) is 19.2 Å². The summed E-state index contributed by atoms with van der Waals surface area (Å²) in [5, 5.41) is 5.67. The van der Waals surface area contributed by atoms with E-state index in [2.05, 4.69) is 5.32 Å². The molecule has 1 aliphatic heterocycles. The quantitative estimate of drug-likeness (QED) is 0.824. The number of methoxy groups -OCH3 is 3. The zero-order chi connectivity index (χ0) is 16.9. The third-order valence-electron chi connectivity index (χ3n) is 3.95. The number of rotatable bonds is 5. The molecule has 3 rings (SSSR count). The normalized spacial score (nSPS) is 13.4. The molecule has 0 unspecified atom stereocenters. The molecule has 1 aromatic heterocycles. The monoisotopic (exact) mass is 382 g/mol. The number of aryl methyl sites for hydroxylation is 1. The van der Waals surface area contributed by atoms with Crippen LogP contribution in [0.1, 0.15) is 29.1 Å². The van der Waals surface area contributed by atoms with Crippen molar-refractivity contribution in [2.75, 3.05) is 33.2 Å². The number of fused-ring (bicyclic) bond motifs is 1. The second kappa shape index (κ2) is 8.97. The fourth-order valence-corrected chi connectivity index (χ4v) is 3.67. The van der Waals surface area contributed by atoms with Crippen LogP contribution in [0.4, 0.5) is 5.00 Å². The number of hydrogen-bond donors (Lipinski definition) is 1. The van der Waals surface area contributed by atoms with Gasteiger partial charge in [0.25, 0.3) is 0 Å². The van der Waals surface area contributed by atoms with Crippen LogP contribution in [0.15, 0.2) is 12.1 Å². The topological polar surface area (TPSA) is 52.6 Å². The Morgan fingerprint density at radius 3 is 2.40 bits per heavy atom. The van der Waals surface area contributed by atoms with E-state index in [0.29, 0.717) is 17.2 Å². The number of aromatic nitrogens is 1. The van der Waals surface area contributed by atoms with E-state index in [1.807, 2.05) is 24.3 Å². The van der Waals surface area contributed by atoms with Crippen molar-refractivity contribution >= 4 is 40.9 Å². The number of anilines is 1. The largest absolute Gasteiger partial charge is 0.493 e. The lowest BCUT2D eigenvalue weighted by Gasteiger charge is -2.12. The Morgan fingerprint density at radius 2 is 1.76 bits per heavy atom. The summed E-state index contributed by atoms with van der Waals surface area (Å²) in [7, 11) is 4.84. The standard InChI is InChI=1S/C18H22N2O3S.ClH/c1-21-14-10-12(11-15(22-2)17(14)23-3)7-8-16-20-13-6-4-5-9-19-18(13)24-16;/h7-8,10-11,19H,4-6,9H2,1-3H3;1H. The Balaban J connectivity index is 0.00000225. The molecule has 0 amide bonds. The third kappa shape index (κ3) is 4.38. The van der Waals surface area contributed by atoms with Crippen LogP contribution in [0, 0.1) is 0 Å². The van der Waals surface area contributed by atoms with Crippen molar-refractivity contribution in [1.29, 1.82) is 0 Å². The number of thiazole rings is 1. The van der Waals surface area contributed by atoms with Crippen molar-refractivity contribution in [2.24, 2.45) is 0 Å². The first-order chi connectivity index (χ1) is 11.7. The van der Waals surface area contributed by atoms with Gasteiger partial charge in [-0.15, -0.1) is 12.4 Å². The summed E-state index contributed by atoms with van der Waals surface area (Å²) in [6, 6.07) is 3.85. The lowest BCUT2D eigenvalue weighted by Crippen LogP contribution is -1.96. The molecule has 25 heavy (non-hydrogen) atoms. The van der Waals surface area contributed by atoms with Gasteiger partial charge in [0, 0.05) is 6.54 Å². The predicted molar refractivity (Wildman–Crippen MR) is 106 cm³/mol. The summed E-state index contributed by atoms with van der Waals surface area (Å²) in [6.45, 7) is 1.03. The number of ether oxygens (including phenoxy) is 3. The van der Waals surface area contributed by atoms with E-state index in [-0.39, 0.29) is 12.4 Å². The van der Waals surface area contributed by atoms with Gasteiger partial charge in [0.2, 0.25) is 5.75 Å². The lowest BCUT2D eigenvalue weighted by molar-refractivity contribution is 0.324. The summed E-state index contributed by atoms with van der Waals surface area (Å²) in [5.74, 6) is 1.89.